The van der Waals surface area contributed by atoms with E-state index in [2.05, 4.69) is 28.7 Å². The molecule has 9 nitrogen and oxygen atoms in total. The third-order valence-corrected chi connectivity index (χ3v) is 6.84. The summed E-state index contributed by atoms with van der Waals surface area (Å²) in [7, 11) is 1.61. The van der Waals surface area contributed by atoms with E-state index in [0.29, 0.717) is 48.8 Å². The Labute approximate surface area is 210 Å². The average molecular weight is 506 g/mol. The number of nitrogens with zero attached hydrogens (tertiary/aromatic N) is 3. The number of piperidine rings is 1. The van der Waals surface area contributed by atoms with E-state index in [1.165, 1.54) is 6.33 Å². The van der Waals surface area contributed by atoms with E-state index in [0.717, 1.165) is 43.6 Å². The van der Waals surface area contributed by atoms with Crippen molar-refractivity contribution in [3.63, 3.8) is 0 Å². The first kappa shape index (κ1) is 25.8. The number of methoxy groups -OCH3 is 1. The molecule has 3 heterocycles. The van der Waals surface area contributed by atoms with Gasteiger partial charge < -0.3 is 19.1 Å². The monoisotopic (exact) mass is 505 g/mol. The van der Waals surface area contributed by atoms with Crippen molar-refractivity contribution in [2.45, 2.75) is 46.1 Å². The molecular formula is C25H35N3O6S. The Hall–Kier alpha value is -2.27. The van der Waals surface area contributed by atoms with Gasteiger partial charge in [-0.1, -0.05) is 19.9 Å². The van der Waals surface area contributed by atoms with E-state index < -0.39 is 11.4 Å². The van der Waals surface area contributed by atoms with Crippen LogP contribution in [0.5, 0.6) is 23.3 Å². The largest absolute Gasteiger partial charge is 0.493 e. The normalized spacial score (nSPS) is 21.7. The first-order valence-corrected chi connectivity index (χ1v) is 13.1. The molecule has 2 aromatic rings. The topological polar surface area (TPSA) is 92.2 Å². The molecule has 0 bridgehead atoms. The fraction of sp³-hybridized carbons (Fsp3) is 0.600. The summed E-state index contributed by atoms with van der Waals surface area (Å²) in [5, 5.41) is 0. The molecule has 0 amide bonds. The molecule has 2 aliphatic heterocycles. The second kappa shape index (κ2) is 12.1. The maximum atomic E-state index is 11.2. The molecule has 2 fully saturated rings. The Morgan fingerprint density at radius 2 is 1.83 bits per heavy atom. The van der Waals surface area contributed by atoms with Gasteiger partial charge in [-0.15, -0.1) is 0 Å². The molecule has 1 aromatic carbocycles. The zero-order valence-corrected chi connectivity index (χ0v) is 21.7. The zero-order chi connectivity index (χ0) is 24.8. The van der Waals surface area contributed by atoms with Crippen molar-refractivity contribution in [1.82, 2.24) is 14.9 Å². The van der Waals surface area contributed by atoms with E-state index in [4.69, 9.17) is 22.6 Å². The van der Waals surface area contributed by atoms with Crippen LogP contribution in [0.4, 0.5) is 0 Å². The molecule has 192 valence electrons. The van der Waals surface area contributed by atoms with Gasteiger partial charge in [0.25, 0.3) is 0 Å². The molecule has 0 radical (unpaired) electrons. The quantitative estimate of drug-likeness (QED) is 0.503. The minimum atomic E-state index is -1.63. The lowest BCUT2D eigenvalue weighted by molar-refractivity contribution is 0.0897. The first-order valence-electron chi connectivity index (χ1n) is 12.1. The van der Waals surface area contributed by atoms with Gasteiger partial charge in [0, 0.05) is 25.6 Å². The van der Waals surface area contributed by atoms with Crippen molar-refractivity contribution in [3.8, 4) is 23.3 Å². The molecule has 1 aromatic heterocycles. The summed E-state index contributed by atoms with van der Waals surface area (Å²) in [6, 6.07) is 5.77. The van der Waals surface area contributed by atoms with E-state index in [1.54, 1.807) is 7.11 Å². The van der Waals surface area contributed by atoms with Crippen molar-refractivity contribution in [1.29, 1.82) is 0 Å². The van der Waals surface area contributed by atoms with Gasteiger partial charge in [-0.25, -0.2) is 9.97 Å². The maximum Gasteiger partial charge on any atom is 0.304 e. The lowest BCUT2D eigenvalue weighted by Gasteiger charge is -2.33. The summed E-state index contributed by atoms with van der Waals surface area (Å²) in [6.07, 6.45) is 4.29. The number of hydrogen-bond donors (Lipinski definition) is 0. The van der Waals surface area contributed by atoms with Gasteiger partial charge in [0.05, 0.1) is 25.9 Å². The molecule has 0 spiro atoms. The van der Waals surface area contributed by atoms with Crippen molar-refractivity contribution < 1.29 is 26.8 Å². The van der Waals surface area contributed by atoms with E-state index in [-0.39, 0.29) is 12.0 Å². The predicted molar refractivity (Wildman–Crippen MR) is 132 cm³/mol. The number of ether oxygens (including phenoxy) is 3. The van der Waals surface area contributed by atoms with E-state index in [1.807, 2.05) is 25.1 Å². The van der Waals surface area contributed by atoms with Gasteiger partial charge >= 0.3 is 11.4 Å². The zero-order valence-electron chi connectivity index (χ0n) is 20.9. The molecule has 0 atom stereocenters. The minimum absolute atomic E-state index is 0.130. The van der Waals surface area contributed by atoms with Crippen LogP contribution in [0.3, 0.4) is 0 Å². The van der Waals surface area contributed by atoms with Crippen LogP contribution in [-0.4, -0.2) is 65.1 Å². The van der Waals surface area contributed by atoms with Gasteiger partial charge in [-0.3, -0.25) is 8.37 Å². The molecule has 0 unspecified atom stereocenters. The number of hydrogen-bond acceptors (Lipinski definition) is 9. The highest BCUT2D eigenvalue weighted by atomic mass is 32.2. The molecular weight excluding hydrogens is 470 g/mol. The third kappa shape index (κ3) is 7.13. The number of benzene rings is 1. The van der Waals surface area contributed by atoms with Crippen LogP contribution in [0.15, 0.2) is 24.5 Å². The SMILES string of the molecule is COc1cc(C[C@H]2CO[S@@](=O)OC2)ccc1Oc1ncnc(OC2CCN(CC(C)C)CC2)c1C. The second-order valence-corrected chi connectivity index (χ2v) is 10.4. The molecule has 0 saturated carbocycles. The highest BCUT2D eigenvalue weighted by Gasteiger charge is 2.24. The highest BCUT2D eigenvalue weighted by Crippen LogP contribution is 2.35. The maximum absolute atomic E-state index is 11.2. The van der Waals surface area contributed by atoms with Crippen molar-refractivity contribution in [2.75, 3.05) is 40.0 Å². The van der Waals surface area contributed by atoms with Crippen molar-refractivity contribution in [3.05, 3.63) is 35.7 Å². The molecule has 35 heavy (non-hydrogen) atoms. The van der Waals surface area contributed by atoms with Gasteiger partial charge in [0.1, 0.15) is 12.4 Å². The molecule has 0 N–H and O–H groups in total. The van der Waals surface area contributed by atoms with Gasteiger partial charge in [0.2, 0.25) is 11.8 Å². The van der Waals surface area contributed by atoms with Crippen LogP contribution in [0.1, 0.15) is 37.8 Å². The van der Waals surface area contributed by atoms with E-state index >= 15 is 0 Å². The summed E-state index contributed by atoms with van der Waals surface area (Å²) >= 11 is -1.63. The molecule has 2 aliphatic rings. The predicted octanol–water partition coefficient (Wildman–Crippen LogP) is 3.87. The Balaban J connectivity index is 1.39. The Bertz CT molecular complexity index is 1000. The summed E-state index contributed by atoms with van der Waals surface area (Å²) in [4.78, 5) is 11.2. The number of rotatable bonds is 9. The van der Waals surface area contributed by atoms with Crippen LogP contribution < -0.4 is 14.2 Å². The summed E-state index contributed by atoms with van der Waals surface area (Å²) in [5.41, 5.74) is 1.80. The number of likely N-dealkylation sites (tertiary alicyclic amines) is 1. The Morgan fingerprint density at radius 1 is 1.11 bits per heavy atom. The van der Waals surface area contributed by atoms with E-state index in [9.17, 15) is 4.21 Å². The van der Waals surface area contributed by atoms with Crippen LogP contribution in [0.2, 0.25) is 0 Å². The van der Waals surface area contributed by atoms with Gasteiger partial charge in [-0.2, -0.15) is 4.21 Å². The Morgan fingerprint density at radius 3 is 2.51 bits per heavy atom. The average Bonchev–Trinajstić information content (AvgIpc) is 2.84. The third-order valence-electron chi connectivity index (χ3n) is 6.19. The second-order valence-electron chi connectivity index (χ2n) is 9.55. The summed E-state index contributed by atoms with van der Waals surface area (Å²) in [6.45, 7) is 10.4. The summed E-state index contributed by atoms with van der Waals surface area (Å²) < 4.78 is 39.3. The fourth-order valence-electron chi connectivity index (χ4n) is 4.39. The minimum Gasteiger partial charge on any atom is -0.493 e. The van der Waals surface area contributed by atoms with Gasteiger partial charge in [-0.05, 0) is 49.8 Å². The Kier molecular flexibility index (Phi) is 8.94. The molecule has 10 heteroatoms. The molecule has 0 aliphatic carbocycles. The fourth-order valence-corrected chi connectivity index (χ4v) is 5.06. The molecule has 2 saturated heterocycles. The van der Waals surface area contributed by atoms with Crippen LogP contribution in [0.25, 0.3) is 0 Å². The van der Waals surface area contributed by atoms with Crippen LogP contribution in [-0.2, 0) is 26.1 Å². The lowest BCUT2D eigenvalue weighted by Crippen LogP contribution is -2.40. The van der Waals surface area contributed by atoms with Crippen LogP contribution in [0, 0.1) is 18.8 Å². The van der Waals surface area contributed by atoms with Gasteiger partial charge in [0.15, 0.2) is 11.5 Å². The van der Waals surface area contributed by atoms with Crippen molar-refractivity contribution >= 4 is 11.4 Å². The molecule has 4 rings (SSSR count). The highest BCUT2D eigenvalue weighted by molar-refractivity contribution is 7.75. The summed E-state index contributed by atoms with van der Waals surface area (Å²) in [5.74, 6) is 2.96. The standard InChI is InChI=1S/C25H35N3O6S/c1-17(2)13-28-9-7-21(8-10-28)33-24-18(3)25(27-16-26-24)34-22-6-5-19(12-23(22)30-4)11-20-14-31-35(29)32-15-20/h5-6,12,16-17,20-21H,7-11,13-15H2,1-4H3/t20-,35+. The van der Waals surface area contributed by atoms with Crippen molar-refractivity contribution in [2.24, 2.45) is 11.8 Å². The first-order chi connectivity index (χ1) is 16.9. The smallest absolute Gasteiger partial charge is 0.304 e. The number of aromatic nitrogens is 2. The lowest BCUT2D eigenvalue weighted by atomic mass is 10.0. The van der Waals surface area contributed by atoms with Crippen LogP contribution >= 0.6 is 0 Å².